The first-order chi connectivity index (χ1) is 11.8. The molecule has 0 aliphatic carbocycles. The molecule has 0 amide bonds. The first-order valence-electron chi connectivity index (χ1n) is 7.47. The van der Waals surface area contributed by atoms with Crippen molar-refractivity contribution in [3.05, 3.63) is 28.3 Å². The molecular formula is C15H16N2O6S2. The Kier molecular flexibility index (Phi) is 5.96. The molecule has 0 radical (unpaired) electrons. The molecule has 0 unspecified atom stereocenters. The normalized spacial score (nSPS) is 11.4. The van der Waals surface area contributed by atoms with Gasteiger partial charge in [0.05, 0.1) is 27.0 Å². The topological polar surface area (TPSA) is 120 Å². The third-order valence-corrected chi connectivity index (χ3v) is 5.76. The summed E-state index contributed by atoms with van der Waals surface area (Å²) in [6, 6.07) is 4.29. The molecule has 0 atom stereocenters. The van der Waals surface area contributed by atoms with Crippen molar-refractivity contribution in [2.75, 3.05) is 0 Å². The van der Waals surface area contributed by atoms with E-state index in [0.29, 0.717) is 27.4 Å². The van der Waals surface area contributed by atoms with Crippen molar-refractivity contribution in [2.24, 2.45) is 5.41 Å². The van der Waals surface area contributed by atoms with Gasteiger partial charge in [-0.2, -0.15) is 0 Å². The van der Waals surface area contributed by atoms with E-state index in [2.05, 4.69) is 4.98 Å². The van der Waals surface area contributed by atoms with Gasteiger partial charge < -0.3 is 9.29 Å². The van der Waals surface area contributed by atoms with E-state index in [0.717, 1.165) is 23.4 Å². The van der Waals surface area contributed by atoms with Crippen molar-refractivity contribution in [1.29, 1.82) is 0 Å². The summed E-state index contributed by atoms with van der Waals surface area (Å²) in [6.07, 6.45) is 0.397. The summed E-state index contributed by atoms with van der Waals surface area (Å²) in [5.74, 6) is -1.66. The Morgan fingerprint density at radius 2 is 2.08 bits per heavy atom. The Morgan fingerprint density at radius 3 is 2.64 bits per heavy atom. The molecule has 0 aliphatic heterocycles. The third kappa shape index (κ3) is 4.26. The number of hydrogen-bond donors (Lipinski definition) is 1. The number of aliphatic carboxylic acids is 1. The lowest BCUT2D eigenvalue weighted by Crippen LogP contribution is -2.33. The molecule has 2 rings (SSSR count). The highest BCUT2D eigenvalue weighted by Crippen LogP contribution is 2.37. The van der Waals surface area contributed by atoms with Gasteiger partial charge in [0.1, 0.15) is 12.0 Å². The van der Waals surface area contributed by atoms with E-state index in [1.165, 1.54) is 18.2 Å². The van der Waals surface area contributed by atoms with Crippen molar-refractivity contribution in [2.45, 2.75) is 37.4 Å². The van der Waals surface area contributed by atoms with Crippen LogP contribution in [0.4, 0.5) is 5.69 Å². The molecule has 134 valence electrons. The second-order valence-corrected chi connectivity index (χ2v) is 7.41. The minimum absolute atomic E-state index is 0.0397. The number of nitrogens with zero attached hydrogens (tertiary/aromatic N) is 2. The molecule has 1 aromatic heterocycles. The fourth-order valence-corrected chi connectivity index (χ4v) is 4.05. The number of carbonyl (C=O) groups excluding carboxylic acids is 1. The van der Waals surface area contributed by atoms with Gasteiger partial charge in [-0.3, -0.25) is 19.7 Å². The molecule has 25 heavy (non-hydrogen) atoms. The summed E-state index contributed by atoms with van der Waals surface area (Å²) < 4.78 is 6.24. The maximum absolute atomic E-state index is 12.4. The summed E-state index contributed by atoms with van der Waals surface area (Å²) in [5.41, 5.74) is -0.548. The van der Waals surface area contributed by atoms with Gasteiger partial charge in [-0.05, 0) is 18.9 Å². The van der Waals surface area contributed by atoms with Crippen LogP contribution in [0.25, 0.3) is 10.2 Å². The van der Waals surface area contributed by atoms with E-state index >= 15 is 0 Å². The van der Waals surface area contributed by atoms with Crippen LogP contribution in [0.5, 0.6) is 0 Å². The number of nitro groups is 1. The van der Waals surface area contributed by atoms with E-state index < -0.39 is 22.3 Å². The van der Waals surface area contributed by atoms with Gasteiger partial charge in [-0.25, -0.2) is 4.98 Å². The minimum Gasteiger partial charge on any atom is -0.481 e. The lowest BCUT2D eigenvalue weighted by atomic mass is 9.79. The maximum atomic E-state index is 12.4. The molecule has 2 aromatic rings. The summed E-state index contributed by atoms with van der Waals surface area (Å²) in [4.78, 5) is 38.0. The fraction of sp³-hybridized carbons (Fsp3) is 0.400. The number of fused-ring (bicyclic) bond motifs is 1. The van der Waals surface area contributed by atoms with Crippen LogP contribution in [0.15, 0.2) is 22.5 Å². The smallest absolute Gasteiger partial charge is 0.325 e. The minimum atomic E-state index is -1.08. The molecule has 0 saturated heterocycles. The zero-order valence-electron chi connectivity index (χ0n) is 13.6. The highest BCUT2D eigenvalue weighted by Gasteiger charge is 2.39. The van der Waals surface area contributed by atoms with Gasteiger partial charge in [-0.1, -0.05) is 13.8 Å². The quantitative estimate of drug-likeness (QED) is 0.411. The number of carboxylic acid groups (broad SMARTS) is 1. The molecule has 0 spiro atoms. The van der Waals surface area contributed by atoms with Crippen molar-refractivity contribution in [3.63, 3.8) is 0 Å². The summed E-state index contributed by atoms with van der Waals surface area (Å²) >= 11 is 1.91. The number of rotatable bonds is 8. The standard InChI is InChI=1S/C15H16N2O6S2/c1-3-15(4-2,8-12(18)19)13(20)23-25-14-16-10-6-5-9(17(21)22)7-11(10)24-14/h5-7H,3-4,8H2,1-2H3,(H,18,19). The number of aromatic nitrogens is 1. The summed E-state index contributed by atoms with van der Waals surface area (Å²) in [7, 11) is 0. The Hall–Kier alpha value is -2.20. The van der Waals surface area contributed by atoms with Crippen molar-refractivity contribution in [1.82, 2.24) is 4.98 Å². The molecule has 0 fully saturated rings. The van der Waals surface area contributed by atoms with Gasteiger partial charge in [0.15, 0.2) is 4.34 Å². The first-order valence-corrected chi connectivity index (χ1v) is 9.03. The van der Waals surface area contributed by atoms with Crippen LogP contribution in [-0.4, -0.2) is 27.0 Å². The second kappa shape index (κ2) is 7.79. The predicted octanol–water partition coefficient (Wildman–Crippen LogP) is 4.04. The van der Waals surface area contributed by atoms with Crippen LogP contribution in [0, 0.1) is 15.5 Å². The van der Waals surface area contributed by atoms with Crippen LogP contribution in [0.3, 0.4) is 0 Å². The Balaban J connectivity index is 2.14. The lowest BCUT2D eigenvalue weighted by molar-refractivity contribution is -0.384. The largest absolute Gasteiger partial charge is 0.481 e. The van der Waals surface area contributed by atoms with Gasteiger partial charge in [0, 0.05) is 12.1 Å². The number of carbonyl (C=O) groups is 2. The SMILES string of the molecule is CCC(CC)(CC(=O)O)C(=O)OSc1nc2ccc([N+](=O)[O-])cc2s1. The van der Waals surface area contributed by atoms with Crippen LogP contribution in [0.1, 0.15) is 33.1 Å². The van der Waals surface area contributed by atoms with Crippen molar-refractivity contribution >= 4 is 51.2 Å². The van der Waals surface area contributed by atoms with E-state index in [4.69, 9.17) is 9.29 Å². The number of benzene rings is 1. The second-order valence-electron chi connectivity index (χ2n) is 5.40. The monoisotopic (exact) mass is 384 g/mol. The Morgan fingerprint density at radius 1 is 1.40 bits per heavy atom. The molecule has 1 N–H and O–H groups in total. The molecule has 1 aromatic carbocycles. The molecule has 0 aliphatic rings. The number of carboxylic acids is 1. The zero-order valence-corrected chi connectivity index (χ0v) is 15.2. The van der Waals surface area contributed by atoms with Crippen LogP contribution in [-0.2, 0) is 13.8 Å². The van der Waals surface area contributed by atoms with E-state index in [1.54, 1.807) is 13.8 Å². The van der Waals surface area contributed by atoms with E-state index in [-0.39, 0.29) is 12.1 Å². The van der Waals surface area contributed by atoms with Gasteiger partial charge in [0.2, 0.25) is 0 Å². The van der Waals surface area contributed by atoms with E-state index in [1.807, 2.05) is 0 Å². The molecule has 8 nitrogen and oxygen atoms in total. The predicted molar refractivity (Wildman–Crippen MR) is 93.5 cm³/mol. The molecule has 10 heteroatoms. The highest BCUT2D eigenvalue weighted by atomic mass is 32.2. The van der Waals surface area contributed by atoms with E-state index in [9.17, 15) is 19.7 Å². The van der Waals surface area contributed by atoms with Gasteiger partial charge >= 0.3 is 11.9 Å². The Bertz CT molecular complexity index is 815. The average molecular weight is 384 g/mol. The number of nitro benzene ring substituents is 1. The van der Waals surface area contributed by atoms with Crippen LogP contribution < -0.4 is 0 Å². The number of thiazole rings is 1. The molecule has 0 bridgehead atoms. The third-order valence-electron chi connectivity index (χ3n) is 4.03. The summed E-state index contributed by atoms with van der Waals surface area (Å²) in [5, 5.41) is 19.8. The lowest BCUT2D eigenvalue weighted by Gasteiger charge is -2.26. The Labute approximate surface area is 151 Å². The first kappa shape index (κ1) is 19.1. The van der Waals surface area contributed by atoms with Crippen molar-refractivity contribution in [3.8, 4) is 0 Å². The maximum Gasteiger partial charge on any atom is 0.325 e. The van der Waals surface area contributed by atoms with Crippen LogP contribution in [0.2, 0.25) is 0 Å². The highest BCUT2D eigenvalue weighted by molar-refractivity contribution is 7.97. The fourth-order valence-electron chi connectivity index (χ4n) is 2.35. The number of non-ortho nitro benzene ring substituents is 1. The molecule has 0 saturated carbocycles. The summed E-state index contributed by atoms with van der Waals surface area (Å²) in [6.45, 7) is 3.49. The molecular weight excluding hydrogens is 368 g/mol. The average Bonchev–Trinajstić information content (AvgIpc) is 2.99. The number of hydrogen-bond acceptors (Lipinski definition) is 8. The van der Waals surface area contributed by atoms with Gasteiger partial charge in [-0.15, -0.1) is 11.3 Å². The van der Waals surface area contributed by atoms with Crippen LogP contribution >= 0.6 is 23.4 Å². The van der Waals surface area contributed by atoms with Crippen molar-refractivity contribution < 1.29 is 23.8 Å². The zero-order chi connectivity index (χ0) is 18.6. The van der Waals surface area contributed by atoms with Gasteiger partial charge in [0.25, 0.3) is 5.69 Å². The molecule has 1 heterocycles.